The molecule has 3 aliphatic heterocycles. The van der Waals surface area contributed by atoms with Crippen LogP contribution < -0.4 is 10.2 Å². The molecular formula is C26H32N4O7S2. The van der Waals surface area contributed by atoms with Crippen LogP contribution in [0.2, 0.25) is 0 Å². The molecule has 0 saturated carbocycles. The van der Waals surface area contributed by atoms with E-state index in [0.717, 1.165) is 19.3 Å². The van der Waals surface area contributed by atoms with Gasteiger partial charge in [-0.2, -0.15) is 8.61 Å². The van der Waals surface area contributed by atoms with Gasteiger partial charge in [0.15, 0.2) is 0 Å². The van der Waals surface area contributed by atoms with Gasteiger partial charge in [0.1, 0.15) is 0 Å². The Balaban J connectivity index is 1.20. The minimum Gasteiger partial charge on any atom is -0.379 e. The first-order valence-corrected chi connectivity index (χ1v) is 15.9. The van der Waals surface area contributed by atoms with Gasteiger partial charge in [-0.25, -0.2) is 16.8 Å². The van der Waals surface area contributed by atoms with E-state index in [2.05, 4.69) is 5.32 Å². The van der Waals surface area contributed by atoms with Gasteiger partial charge in [-0.15, -0.1) is 0 Å². The molecule has 3 heterocycles. The van der Waals surface area contributed by atoms with Gasteiger partial charge in [0.05, 0.1) is 28.9 Å². The average Bonchev–Trinajstić information content (AvgIpc) is 3.36. The number of sulfonamides is 2. The lowest BCUT2D eigenvalue weighted by atomic mass is 10.1. The molecule has 210 valence electrons. The smallest absolute Gasteiger partial charge is 0.243 e. The third kappa shape index (κ3) is 5.87. The van der Waals surface area contributed by atoms with E-state index in [1.54, 1.807) is 24.3 Å². The van der Waals surface area contributed by atoms with E-state index < -0.39 is 26.0 Å². The second-order valence-corrected chi connectivity index (χ2v) is 13.8. The highest BCUT2D eigenvalue weighted by Gasteiger charge is 2.36. The first-order valence-electron chi connectivity index (χ1n) is 13.1. The molecule has 39 heavy (non-hydrogen) atoms. The fourth-order valence-electron chi connectivity index (χ4n) is 5.08. The summed E-state index contributed by atoms with van der Waals surface area (Å²) in [5.74, 6) is -1.18. The molecule has 0 radical (unpaired) electrons. The molecule has 0 bridgehead atoms. The zero-order valence-electron chi connectivity index (χ0n) is 21.5. The Morgan fingerprint density at radius 1 is 0.769 bits per heavy atom. The number of ether oxygens (including phenoxy) is 1. The summed E-state index contributed by atoms with van der Waals surface area (Å²) in [6.45, 7) is 2.47. The number of nitrogens with zero attached hydrogens (tertiary/aromatic N) is 3. The molecule has 5 rings (SSSR count). The van der Waals surface area contributed by atoms with Crippen LogP contribution >= 0.6 is 0 Å². The van der Waals surface area contributed by atoms with E-state index >= 15 is 0 Å². The zero-order valence-corrected chi connectivity index (χ0v) is 23.1. The standard InChI is InChI=1S/C26H32N4O7S2/c31-25-18-20(19-30(25)22-6-10-24(11-7-22)39(35,36)29-14-16-37-17-15-29)26(32)27-21-4-8-23(9-5-21)38(33,34)28-12-2-1-3-13-28/h4-11,20H,1-3,12-19H2,(H,27,32). The maximum absolute atomic E-state index is 12.9. The molecular weight excluding hydrogens is 544 g/mol. The quantitative estimate of drug-likeness (QED) is 0.532. The second kappa shape index (κ2) is 11.3. The molecule has 1 unspecified atom stereocenters. The number of benzene rings is 2. The van der Waals surface area contributed by atoms with Crippen molar-refractivity contribution in [1.82, 2.24) is 8.61 Å². The fourth-order valence-corrected chi connectivity index (χ4v) is 8.00. The lowest BCUT2D eigenvalue weighted by molar-refractivity contribution is -0.122. The van der Waals surface area contributed by atoms with Crippen molar-refractivity contribution >= 4 is 43.2 Å². The highest BCUT2D eigenvalue weighted by Crippen LogP contribution is 2.28. The Hall–Kier alpha value is -2.84. The predicted molar refractivity (Wildman–Crippen MR) is 144 cm³/mol. The van der Waals surface area contributed by atoms with E-state index in [-0.39, 0.29) is 34.6 Å². The molecule has 11 nitrogen and oxygen atoms in total. The van der Waals surface area contributed by atoms with E-state index in [1.807, 2.05) is 0 Å². The number of anilines is 2. The van der Waals surface area contributed by atoms with E-state index in [4.69, 9.17) is 4.74 Å². The van der Waals surface area contributed by atoms with Crippen molar-refractivity contribution in [3.8, 4) is 0 Å². The van der Waals surface area contributed by atoms with Gasteiger partial charge in [0.25, 0.3) is 0 Å². The highest BCUT2D eigenvalue weighted by molar-refractivity contribution is 7.89. The van der Waals surface area contributed by atoms with Crippen molar-refractivity contribution in [2.45, 2.75) is 35.5 Å². The lowest BCUT2D eigenvalue weighted by Crippen LogP contribution is -2.40. The third-order valence-electron chi connectivity index (χ3n) is 7.33. The monoisotopic (exact) mass is 576 g/mol. The summed E-state index contributed by atoms with van der Waals surface area (Å²) in [6, 6.07) is 12.2. The number of amides is 2. The maximum atomic E-state index is 12.9. The number of morpholine rings is 1. The number of hydrogen-bond acceptors (Lipinski definition) is 7. The van der Waals surface area contributed by atoms with Crippen molar-refractivity contribution in [2.24, 2.45) is 5.92 Å². The molecule has 3 fully saturated rings. The van der Waals surface area contributed by atoms with Crippen LogP contribution in [0.4, 0.5) is 11.4 Å². The highest BCUT2D eigenvalue weighted by atomic mass is 32.2. The number of carbonyl (C=O) groups excluding carboxylic acids is 2. The van der Waals surface area contributed by atoms with Gasteiger partial charge in [-0.3, -0.25) is 9.59 Å². The van der Waals surface area contributed by atoms with Crippen molar-refractivity contribution in [2.75, 3.05) is 56.2 Å². The summed E-state index contributed by atoms with van der Waals surface area (Å²) in [5, 5.41) is 2.78. The number of carbonyl (C=O) groups is 2. The molecule has 2 aromatic carbocycles. The minimum atomic E-state index is -3.65. The van der Waals surface area contributed by atoms with Gasteiger partial charge < -0.3 is 15.0 Å². The maximum Gasteiger partial charge on any atom is 0.243 e. The van der Waals surface area contributed by atoms with Gasteiger partial charge in [0, 0.05) is 50.5 Å². The molecule has 0 aromatic heterocycles. The van der Waals surface area contributed by atoms with Crippen molar-refractivity contribution in [3.63, 3.8) is 0 Å². The van der Waals surface area contributed by atoms with Crippen LogP contribution in [0.5, 0.6) is 0 Å². The van der Waals surface area contributed by atoms with Crippen molar-refractivity contribution in [3.05, 3.63) is 48.5 Å². The van der Waals surface area contributed by atoms with Crippen molar-refractivity contribution in [1.29, 1.82) is 0 Å². The van der Waals surface area contributed by atoms with Crippen LogP contribution in [0.1, 0.15) is 25.7 Å². The third-order valence-corrected chi connectivity index (χ3v) is 11.2. The summed E-state index contributed by atoms with van der Waals surface area (Å²) in [4.78, 5) is 27.4. The zero-order chi connectivity index (χ0) is 27.6. The Bertz CT molecular complexity index is 1420. The van der Waals surface area contributed by atoms with E-state index in [0.29, 0.717) is 50.8 Å². The second-order valence-electron chi connectivity index (χ2n) is 9.89. The molecule has 2 amide bonds. The molecule has 0 spiro atoms. The molecule has 3 saturated heterocycles. The fraction of sp³-hybridized carbons (Fsp3) is 0.462. The van der Waals surface area contributed by atoms with Crippen LogP contribution in [-0.2, 0) is 34.4 Å². The number of hydrogen-bond donors (Lipinski definition) is 1. The molecule has 1 N–H and O–H groups in total. The summed E-state index contributed by atoms with van der Waals surface area (Å²) in [7, 11) is -7.21. The average molecular weight is 577 g/mol. The summed E-state index contributed by atoms with van der Waals surface area (Å²) in [5.41, 5.74) is 0.963. The molecule has 0 aliphatic carbocycles. The van der Waals surface area contributed by atoms with E-state index in [1.165, 1.54) is 37.8 Å². The summed E-state index contributed by atoms with van der Waals surface area (Å²) < 4.78 is 59.5. The van der Waals surface area contributed by atoms with Gasteiger partial charge in [-0.1, -0.05) is 6.42 Å². The van der Waals surface area contributed by atoms with Crippen molar-refractivity contribution < 1.29 is 31.2 Å². The first kappa shape index (κ1) is 27.7. The first-order chi connectivity index (χ1) is 18.7. The minimum absolute atomic E-state index is 0.0150. The van der Waals surface area contributed by atoms with Crippen LogP contribution in [0.15, 0.2) is 58.3 Å². The largest absolute Gasteiger partial charge is 0.379 e. The SMILES string of the molecule is O=C(Nc1ccc(S(=O)(=O)N2CCCCC2)cc1)C1CC(=O)N(c2ccc(S(=O)(=O)N3CCOCC3)cc2)C1. The number of piperidine rings is 1. The lowest BCUT2D eigenvalue weighted by Gasteiger charge is -2.26. The Morgan fingerprint density at radius 3 is 1.90 bits per heavy atom. The number of rotatable bonds is 7. The van der Waals surface area contributed by atoms with E-state index in [9.17, 15) is 26.4 Å². The molecule has 13 heteroatoms. The summed E-state index contributed by atoms with van der Waals surface area (Å²) >= 11 is 0. The van der Waals surface area contributed by atoms with Crippen LogP contribution in [-0.4, -0.2) is 83.2 Å². The molecule has 3 aliphatic rings. The predicted octanol–water partition coefficient (Wildman–Crippen LogP) is 1.87. The summed E-state index contributed by atoms with van der Waals surface area (Å²) in [6.07, 6.45) is 2.74. The van der Waals surface area contributed by atoms with Gasteiger partial charge in [-0.05, 0) is 61.4 Å². The topological polar surface area (TPSA) is 133 Å². The van der Waals surface area contributed by atoms with Crippen LogP contribution in [0.3, 0.4) is 0 Å². The Kier molecular flexibility index (Phi) is 8.06. The Labute approximate surface area is 228 Å². The van der Waals surface area contributed by atoms with Crippen LogP contribution in [0, 0.1) is 5.92 Å². The van der Waals surface area contributed by atoms with Gasteiger partial charge >= 0.3 is 0 Å². The normalized spacial score (nSPS) is 21.7. The van der Waals surface area contributed by atoms with Crippen LogP contribution in [0.25, 0.3) is 0 Å². The number of nitrogens with one attached hydrogen (secondary N) is 1. The molecule has 1 atom stereocenters. The Morgan fingerprint density at radius 2 is 1.31 bits per heavy atom. The molecule has 2 aromatic rings. The van der Waals surface area contributed by atoms with Gasteiger partial charge in [0.2, 0.25) is 31.9 Å².